The molecule has 0 amide bonds. The number of quaternary nitrogens is 1. The van der Waals surface area contributed by atoms with Gasteiger partial charge < -0.3 is 9.32 Å². The minimum atomic E-state index is -0.229. The second-order valence-electron chi connectivity index (χ2n) is 5.76. The molecule has 20 heavy (non-hydrogen) atoms. The van der Waals surface area contributed by atoms with Crippen molar-refractivity contribution in [3.8, 4) is 0 Å². The Morgan fingerprint density at radius 1 is 1.15 bits per heavy atom. The zero-order valence-electron chi connectivity index (χ0n) is 12.1. The van der Waals surface area contributed by atoms with Crippen molar-refractivity contribution >= 4 is 11.0 Å². The maximum absolute atomic E-state index is 11.7. The molecule has 0 radical (unpaired) electrons. The fraction of sp³-hybridized carbons (Fsp3) is 0.471. The lowest BCUT2D eigenvalue weighted by molar-refractivity contribution is -0.918. The fourth-order valence-electron chi connectivity index (χ4n) is 3.14. The maximum Gasteiger partial charge on any atom is 0.336 e. The van der Waals surface area contributed by atoms with Gasteiger partial charge in [-0.1, -0.05) is 13.0 Å². The summed E-state index contributed by atoms with van der Waals surface area (Å²) in [5.74, 6) is 0. The van der Waals surface area contributed by atoms with E-state index >= 15 is 0 Å². The van der Waals surface area contributed by atoms with Crippen molar-refractivity contribution in [2.45, 2.75) is 39.2 Å². The van der Waals surface area contributed by atoms with Gasteiger partial charge in [0.1, 0.15) is 12.1 Å². The number of piperidine rings is 1. The van der Waals surface area contributed by atoms with Crippen LogP contribution in [-0.4, -0.2) is 13.1 Å². The maximum atomic E-state index is 11.7. The lowest BCUT2D eigenvalue weighted by Gasteiger charge is -2.23. The summed E-state index contributed by atoms with van der Waals surface area (Å²) in [4.78, 5) is 13.3. The van der Waals surface area contributed by atoms with Gasteiger partial charge in [-0.25, -0.2) is 4.79 Å². The molecule has 1 N–H and O–H groups in total. The highest BCUT2D eigenvalue weighted by Gasteiger charge is 2.16. The van der Waals surface area contributed by atoms with Crippen LogP contribution in [0.4, 0.5) is 0 Å². The van der Waals surface area contributed by atoms with E-state index in [0.717, 1.165) is 29.5 Å². The quantitative estimate of drug-likeness (QED) is 0.866. The van der Waals surface area contributed by atoms with E-state index < -0.39 is 0 Å². The molecule has 1 aromatic heterocycles. The molecule has 3 rings (SSSR count). The molecule has 1 aliphatic heterocycles. The lowest BCUT2D eigenvalue weighted by atomic mass is 10.0. The van der Waals surface area contributed by atoms with Crippen molar-refractivity contribution < 1.29 is 9.32 Å². The summed E-state index contributed by atoms with van der Waals surface area (Å²) >= 11 is 0. The van der Waals surface area contributed by atoms with E-state index in [1.165, 1.54) is 37.9 Å². The van der Waals surface area contributed by atoms with E-state index in [2.05, 4.69) is 13.0 Å². The summed E-state index contributed by atoms with van der Waals surface area (Å²) in [6, 6.07) is 7.84. The van der Waals surface area contributed by atoms with E-state index in [1.807, 2.05) is 12.1 Å². The summed E-state index contributed by atoms with van der Waals surface area (Å²) in [5, 5.41) is 1.11. The van der Waals surface area contributed by atoms with Crippen molar-refractivity contribution in [1.82, 2.24) is 0 Å². The molecule has 2 heterocycles. The number of aryl methyl sites for hydroxylation is 1. The van der Waals surface area contributed by atoms with E-state index in [0.29, 0.717) is 0 Å². The Labute approximate surface area is 119 Å². The molecular formula is C17H22NO2+. The molecule has 1 fully saturated rings. The molecule has 0 atom stereocenters. The smallest absolute Gasteiger partial charge is 0.336 e. The molecule has 0 unspecified atom stereocenters. The largest absolute Gasteiger partial charge is 0.423 e. The van der Waals surface area contributed by atoms with Crippen molar-refractivity contribution in [1.29, 1.82) is 0 Å². The van der Waals surface area contributed by atoms with Gasteiger partial charge in [-0.3, -0.25) is 0 Å². The monoisotopic (exact) mass is 272 g/mol. The average molecular weight is 272 g/mol. The van der Waals surface area contributed by atoms with Crippen molar-refractivity contribution in [3.63, 3.8) is 0 Å². The molecule has 106 valence electrons. The third-order valence-electron chi connectivity index (χ3n) is 4.30. The van der Waals surface area contributed by atoms with Crippen LogP contribution in [0.15, 0.2) is 33.5 Å². The summed E-state index contributed by atoms with van der Waals surface area (Å²) in [5.41, 5.74) is 2.93. The minimum absolute atomic E-state index is 0.229. The van der Waals surface area contributed by atoms with Gasteiger partial charge >= 0.3 is 5.63 Å². The van der Waals surface area contributed by atoms with Crippen molar-refractivity contribution in [3.05, 3.63) is 45.8 Å². The Kier molecular flexibility index (Phi) is 3.88. The van der Waals surface area contributed by atoms with E-state index in [1.54, 1.807) is 11.0 Å². The lowest BCUT2D eigenvalue weighted by Crippen LogP contribution is -3.11. The third-order valence-corrected chi connectivity index (χ3v) is 4.30. The first-order valence-corrected chi connectivity index (χ1v) is 7.65. The third kappa shape index (κ3) is 2.78. The van der Waals surface area contributed by atoms with Crippen LogP contribution in [0.1, 0.15) is 37.3 Å². The van der Waals surface area contributed by atoms with Crippen LogP contribution in [0.2, 0.25) is 0 Å². The van der Waals surface area contributed by atoms with Crippen LogP contribution in [0, 0.1) is 0 Å². The number of nitrogens with one attached hydrogen (secondary N) is 1. The molecule has 1 saturated heterocycles. The predicted molar refractivity (Wildman–Crippen MR) is 80.1 cm³/mol. The molecule has 3 heteroatoms. The number of rotatable bonds is 3. The SMILES string of the molecule is CCc1ccc2oc(=O)cc(C[NH+]3CCCCC3)c2c1. The van der Waals surface area contributed by atoms with Crippen molar-refractivity contribution in [2.24, 2.45) is 0 Å². The fourth-order valence-corrected chi connectivity index (χ4v) is 3.14. The average Bonchev–Trinajstić information content (AvgIpc) is 2.48. The topological polar surface area (TPSA) is 34.6 Å². The summed E-state index contributed by atoms with van der Waals surface area (Å²) in [6.45, 7) is 5.52. The van der Waals surface area contributed by atoms with Gasteiger partial charge in [0.15, 0.2) is 0 Å². The molecule has 3 nitrogen and oxygen atoms in total. The first kappa shape index (κ1) is 13.4. The summed E-state index contributed by atoms with van der Waals surface area (Å²) < 4.78 is 5.33. The molecule has 0 spiro atoms. The molecule has 1 aromatic carbocycles. The number of fused-ring (bicyclic) bond motifs is 1. The molecule has 0 saturated carbocycles. The van der Waals surface area contributed by atoms with Crippen molar-refractivity contribution in [2.75, 3.05) is 13.1 Å². The van der Waals surface area contributed by atoms with Gasteiger partial charge in [-0.15, -0.1) is 0 Å². The summed E-state index contributed by atoms with van der Waals surface area (Å²) in [7, 11) is 0. The van der Waals surface area contributed by atoms with Crippen LogP contribution in [0.5, 0.6) is 0 Å². The zero-order valence-corrected chi connectivity index (χ0v) is 12.1. The zero-order chi connectivity index (χ0) is 13.9. The number of hydrogen-bond acceptors (Lipinski definition) is 2. The molecule has 2 aromatic rings. The molecule has 0 aliphatic carbocycles. The second kappa shape index (κ2) is 5.80. The van der Waals surface area contributed by atoms with Gasteiger partial charge in [-0.2, -0.15) is 0 Å². The number of benzene rings is 1. The highest BCUT2D eigenvalue weighted by atomic mass is 16.4. The van der Waals surface area contributed by atoms with E-state index in [4.69, 9.17) is 4.42 Å². The normalized spacial score (nSPS) is 16.6. The molecule has 1 aliphatic rings. The Hall–Kier alpha value is -1.61. The highest BCUT2D eigenvalue weighted by Crippen LogP contribution is 2.19. The minimum Gasteiger partial charge on any atom is -0.423 e. The number of likely N-dealkylation sites (tertiary alicyclic amines) is 1. The second-order valence-corrected chi connectivity index (χ2v) is 5.76. The van der Waals surface area contributed by atoms with Crippen LogP contribution in [0.25, 0.3) is 11.0 Å². The first-order valence-electron chi connectivity index (χ1n) is 7.65. The Balaban J connectivity index is 2.00. The van der Waals surface area contributed by atoms with Gasteiger partial charge in [0.25, 0.3) is 0 Å². The van der Waals surface area contributed by atoms with Crippen LogP contribution < -0.4 is 10.5 Å². The predicted octanol–water partition coefficient (Wildman–Crippen LogP) is 1.92. The van der Waals surface area contributed by atoms with Gasteiger partial charge in [0, 0.05) is 17.0 Å². The Bertz CT molecular complexity index is 654. The van der Waals surface area contributed by atoms with E-state index in [-0.39, 0.29) is 5.63 Å². The van der Waals surface area contributed by atoms with Crippen LogP contribution >= 0.6 is 0 Å². The Morgan fingerprint density at radius 2 is 1.95 bits per heavy atom. The highest BCUT2D eigenvalue weighted by molar-refractivity contribution is 5.80. The van der Waals surface area contributed by atoms with Gasteiger partial charge in [0.2, 0.25) is 0 Å². The number of hydrogen-bond donors (Lipinski definition) is 1. The standard InChI is InChI=1S/C17H21NO2/c1-2-13-6-7-16-15(10-13)14(11-17(19)20-16)12-18-8-4-3-5-9-18/h6-7,10-11H,2-5,8-9,12H2,1H3/p+1. The molecular weight excluding hydrogens is 250 g/mol. The van der Waals surface area contributed by atoms with Gasteiger partial charge in [-0.05, 0) is 43.4 Å². The Morgan fingerprint density at radius 3 is 2.70 bits per heavy atom. The van der Waals surface area contributed by atoms with Crippen LogP contribution in [0.3, 0.4) is 0 Å². The van der Waals surface area contributed by atoms with E-state index in [9.17, 15) is 4.79 Å². The van der Waals surface area contributed by atoms with Gasteiger partial charge in [0.05, 0.1) is 13.1 Å². The molecule has 0 bridgehead atoms. The first-order chi connectivity index (χ1) is 9.76. The van der Waals surface area contributed by atoms with Crippen LogP contribution in [-0.2, 0) is 13.0 Å². The summed E-state index contributed by atoms with van der Waals surface area (Å²) in [6.07, 6.45) is 4.95.